The highest BCUT2D eigenvalue weighted by molar-refractivity contribution is 5.83. The summed E-state index contributed by atoms with van der Waals surface area (Å²) in [6, 6.07) is 14.6. The summed E-state index contributed by atoms with van der Waals surface area (Å²) in [6.45, 7) is 0.844. The zero-order valence-electron chi connectivity index (χ0n) is 14.9. The van der Waals surface area contributed by atoms with Crippen molar-refractivity contribution in [3.8, 4) is 0 Å². The highest BCUT2D eigenvalue weighted by Gasteiger charge is 2.11. The summed E-state index contributed by atoms with van der Waals surface area (Å²) >= 11 is 0. The Morgan fingerprint density at radius 1 is 1.07 bits per heavy atom. The summed E-state index contributed by atoms with van der Waals surface area (Å²) in [7, 11) is 0. The van der Waals surface area contributed by atoms with Crippen LogP contribution in [0.25, 0.3) is 10.9 Å². The van der Waals surface area contributed by atoms with Gasteiger partial charge in [0, 0.05) is 42.7 Å². The molecule has 3 rings (SSSR count). The van der Waals surface area contributed by atoms with Gasteiger partial charge in [0.2, 0.25) is 5.91 Å². The van der Waals surface area contributed by atoms with Gasteiger partial charge in [-0.3, -0.25) is 14.9 Å². The van der Waals surface area contributed by atoms with Gasteiger partial charge >= 0.3 is 0 Å². The van der Waals surface area contributed by atoms with Crippen LogP contribution < -0.4 is 10.6 Å². The Labute approximate surface area is 156 Å². The fourth-order valence-corrected chi connectivity index (χ4v) is 3.05. The molecule has 2 aromatic carbocycles. The standard InChI is InChI=1S/C20H22N4O3/c25-20(11-5-6-15-14-23-17-8-2-1-7-16(15)17)22-13-12-21-18-9-3-4-10-19(18)24(26)27/h1-4,7-10,14,21,23H,5-6,11-13H2,(H,22,25). The van der Waals surface area contributed by atoms with Crippen LogP contribution in [0.15, 0.2) is 54.7 Å². The maximum atomic E-state index is 12.0. The molecule has 7 heteroatoms. The van der Waals surface area contributed by atoms with Gasteiger partial charge in [-0.2, -0.15) is 0 Å². The van der Waals surface area contributed by atoms with E-state index in [-0.39, 0.29) is 11.6 Å². The lowest BCUT2D eigenvalue weighted by molar-refractivity contribution is -0.384. The van der Waals surface area contributed by atoms with E-state index in [0.717, 1.165) is 18.4 Å². The van der Waals surface area contributed by atoms with Crippen molar-refractivity contribution >= 4 is 28.2 Å². The number of amides is 1. The largest absolute Gasteiger partial charge is 0.378 e. The van der Waals surface area contributed by atoms with E-state index in [1.165, 1.54) is 17.0 Å². The molecule has 1 aromatic heterocycles. The van der Waals surface area contributed by atoms with Crippen molar-refractivity contribution in [1.29, 1.82) is 0 Å². The lowest BCUT2D eigenvalue weighted by Gasteiger charge is -2.08. The summed E-state index contributed by atoms with van der Waals surface area (Å²) in [4.78, 5) is 25.7. The molecule has 0 saturated heterocycles. The second kappa shape index (κ2) is 8.84. The number of carbonyl (C=O) groups excluding carboxylic acids is 1. The van der Waals surface area contributed by atoms with Crippen molar-refractivity contribution in [3.05, 3.63) is 70.4 Å². The lowest BCUT2D eigenvalue weighted by Crippen LogP contribution is -2.28. The number of aryl methyl sites for hydroxylation is 1. The molecule has 1 heterocycles. The smallest absolute Gasteiger partial charge is 0.292 e. The van der Waals surface area contributed by atoms with Crippen LogP contribution >= 0.6 is 0 Å². The van der Waals surface area contributed by atoms with Gasteiger partial charge < -0.3 is 15.6 Å². The zero-order chi connectivity index (χ0) is 19.1. The number of aromatic nitrogens is 1. The molecule has 27 heavy (non-hydrogen) atoms. The van der Waals surface area contributed by atoms with Gasteiger partial charge in [-0.05, 0) is 30.5 Å². The average Bonchev–Trinajstić information content (AvgIpc) is 3.09. The summed E-state index contributed by atoms with van der Waals surface area (Å²) in [5.74, 6) is -0.0146. The molecule has 0 atom stereocenters. The maximum Gasteiger partial charge on any atom is 0.292 e. The van der Waals surface area contributed by atoms with E-state index in [1.807, 2.05) is 24.4 Å². The SMILES string of the molecule is O=C(CCCc1c[nH]c2ccccc12)NCCNc1ccccc1[N+](=O)[O-]. The maximum absolute atomic E-state index is 12.0. The van der Waals surface area contributed by atoms with Gasteiger partial charge in [0.05, 0.1) is 4.92 Å². The van der Waals surface area contributed by atoms with E-state index in [0.29, 0.717) is 25.2 Å². The fourth-order valence-electron chi connectivity index (χ4n) is 3.05. The van der Waals surface area contributed by atoms with E-state index >= 15 is 0 Å². The molecule has 0 aliphatic carbocycles. The lowest BCUT2D eigenvalue weighted by atomic mass is 10.1. The number of aromatic amines is 1. The molecular weight excluding hydrogens is 344 g/mol. The minimum absolute atomic E-state index is 0.0146. The van der Waals surface area contributed by atoms with Gasteiger partial charge in [-0.25, -0.2) is 0 Å². The second-order valence-electron chi connectivity index (χ2n) is 6.26. The Morgan fingerprint density at radius 3 is 2.70 bits per heavy atom. The normalized spacial score (nSPS) is 10.7. The first kappa shape index (κ1) is 18.4. The van der Waals surface area contributed by atoms with Crippen LogP contribution in [0.3, 0.4) is 0 Å². The highest BCUT2D eigenvalue weighted by atomic mass is 16.6. The third kappa shape index (κ3) is 4.84. The topological polar surface area (TPSA) is 100 Å². The number of rotatable bonds is 9. The quantitative estimate of drug-likeness (QED) is 0.306. The molecule has 0 radical (unpaired) electrons. The van der Waals surface area contributed by atoms with Gasteiger partial charge in [-0.15, -0.1) is 0 Å². The first-order valence-corrected chi connectivity index (χ1v) is 8.94. The van der Waals surface area contributed by atoms with Crippen LogP contribution in [0.1, 0.15) is 18.4 Å². The number of carbonyl (C=O) groups is 1. The number of nitro benzene ring substituents is 1. The molecule has 0 aliphatic rings. The van der Waals surface area contributed by atoms with E-state index in [2.05, 4.69) is 21.7 Å². The number of nitrogens with one attached hydrogen (secondary N) is 3. The van der Waals surface area contributed by atoms with Crippen molar-refractivity contribution in [2.45, 2.75) is 19.3 Å². The monoisotopic (exact) mass is 366 g/mol. The predicted molar refractivity (Wildman–Crippen MR) is 106 cm³/mol. The molecule has 0 spiro atoms. The number of fused-ring (bicyclic) bond motifs is 1. The Kier molecular flexibility index (Phi) is 6.04. The molecule has 0 fully saturated rings. The summed E-state index contributed by atoms with van der Waals surface area (Å²) < 4.78 is 0. The van der Waals surface area contributed by atoms with E-state index in [1.54, 1.807) is 18.2 Å². The number of nitro groups is 1. The zero-order valence-corrected chi connectivity index (χ0v) is 14.9. The average molecular weight is 366 g/mol. The van der Waals surface area contributed by atoms with Crippen molar-refractivity contribution in [1.82, 2.24) is 10.3 Å². The molecule has 1 amide bonds. The third-order valence-electron chi connectivity index (χ3n) is 4.39. The van der Waals surface area contributed by atoms with Crippen LogP contribution in [-0.4, -0.2) is 28.9 Å². The molecule has 0 aliphatic heterocycles. The van der Waals surface area contributed by atoms with Crippen molar-refractivity contribution in [2.24, 2.45) is 0 Å². The first-order chi connectivity index (χ1) is 13.1. The van der Waals surface area contributed by atoms with E-state index in [9.17, 15) is 14.9 Å². The molecule has 0 saturated carbocycles. The van der Waals surface area contributed by atoms with Gasteiger partial charge in [0.1, 0.15) is 5.69 Å². The van der Waals surface area contributed by atoms with Gasteiger partial charge in [0.25, 0.3) is 5.69 Å². The summed E-state index contributed by atoms with van der Waals surface area (Å²) in [5, 5.41) is 18.0. The molecule has 0 unspecified atom stereocenters. The third-order valence-corrected chi connectivity index (χ3v) is 4.39. The molecule has 140 valence electrons. The van der Waals surface area contributed by atoms with Crippen molar-refractivity contribution in [2.75, 3.05) is 18.4 Å². The molecule has 3 N–H and O–H groups in total. The molecular formula is C20H22N4O3. The van der Waals surface area contributed by atoms with Gasteiger partial charge in [0.15, 0.2) is 0 Å². The van der Waals surface area contributed by atoms with Crippen molar-refractivity contribution < 1.29 is 9.72 Å². The summed E-state index contributed by atoms with van der Waals surface area (Å²) in [5.41, 5.74) is 2.81. The van der Waals surface area contributed by atoms with Crippen LogP contribution in [0.2, 0.25) is 0 Å². The first-order valence-electron chi connectivity index (χ1n) is 8.94. The number of hydrogen-bond donors (Lipinski definition) is 3. The number of anilines is 1. The van der Waals surface area contributed by atoms with Crippen molar-refractivity contribution in [3.63, 3.8) is 0 Å². The highest BCUT2D eigenvalue weighted by Crippen LogP contribution is 2.22. The number of para-hydroxylation sites is 3. The molecule has 3 aromatic rings. The number of benzene rings is 2. The van der Waals surface area contributed by atoms with Crippen LogP contribution in [0.5, 0.6) is 0 Å². The van der Waals surface area contributed by atoms with Crippen LogP contribution in [-0.2, 0) is 11.2 Å². The Morgan fingerprint density at radius 2 is 1.85 bits per heavy atom. The number of hydrogen-bond acceptors (Lipinski definition) is 4. The summed E-state index contributed by atoms with van der Waals surface area (Å²) in [6.07, 6.45) is 4.06. The Hall–Kier alpha value is -3.35. The van der Waals surface area contributed by atoms with E-state index < -0.39 is 4.92 Å². The fraction of sp³-hybridized carbons (Fsp3) is 0.250. The number of H-pyrrole nitrogens is 1. The van der Waals surface area contributed by atoms with Gasteiger partial charge in [-0.1, -0.05) is 30.3 Å². The van der Waals surface area contributed by atoms with E-state index in [4.69, 9.17) is 0 Å². The number of nitrogens with zero attached hydrogens (tertiary/aromatic N) is 1. The minimum Gasteiger partial charge on any atom is -0.378 e. The predicted octanol–water partition coefficient (Wildman–Crippen LogP) is 3.63. The Bertz CT molecular complexity index is 936. The molecule has 7 nitrogen and oxygen atoms in total. The Balaban J connectivity index is 1.37. The van der Waals surface area contributed by atoms with Crippen LogP contribution in [0, 0.1) is 10.1 Å². The molecule has 0 bridgehead atoms. The second-order valence-corrected chi connectivity index (χ2v) is 6.26. The minimum atomic E-state index is -0.425. The van der Waals surface area contributed by atoms with Crippen LogP contribution in [0.4, 0.5) is 11.4 Å².